The van der Waals surface area contributed by atoms with Crippen LogP contribution in [0.25, 0.3) is 16.3 Å². The van der Waals surface area contributed by atoms with Crippen LogP contribution in [-0.2, 0) is 0 Å². The summed E-state index contributed by atoms with van der Waals surface area (Å²) in [5, 5.41) is 10.3. The van der Waals surface area contributed by atoms with Gasteiger partial charge in [-0.25, -0.2) is 4.68 Å². The molecule has 1 amide bonds. The number of rotatable bonds is 5. The Labute approximate surface area is 179 Å². The number of carbonyl (C=O) groups is 1. The van der Waals surface area contributed by atoms with E-state index in [0.717, 1.165) is 34.9 Å². The molecule has 1 atom stereocenters. The minimum absolute atomic E-state index is 0.0398. The van der Waals surface area contributed by atoms with Crippen LogP contribution in [0.1, 0.15) is 16.8 Å². The first-order valence-corrected chi connectivity index (χ1v) is 11.0. The van der Waals surface area contributed by atoms with Crippen molar-refractivity contribution in [2.75, 3.05) is 18.4 Å². The molecule has 2 aromatic heterocycles. The third-order valence-corrected chi connectivity index (χ3v) is 6.22. The number of carbonyl (C=O) groups excluding carboxylic acids is 1. The number of thiophene rings is 1. The Hall–Kier alpha value is -3.38. The molecule has 1 fully saturated rings. The zero-order valence-corrected chi connectivity index (χ0v) is 17.3. The standard InChI is InChI=1S/C24H22N4OS/c29-24(27-14-13-19(16-27)25-18-8-3-1-4-9-18)21-17-28(20-10-5-2-6-11-20)26-23(21)22-12-7-15-30-22/h1-12,15,17,19,25H,13-14,16H2. The second kappa shape index (κ2) is 8.16. The zero-order valence-electron chi connectivity index (χ0n) is 16.4. The van der Waals surface area contributed by atoms with Crippen LogP contribution in [0, 0.1) is 0 Å². The summed E-state index contributed by atoms with van der Waals surface area (Å²) in [6.07, 6.45) is 2.80. The molecule has 5 rings (SSSR count). The maximum absolute atomic E-state index is 13.5. The average molecular weight is 415 g/mol. The molecule has 1 N–H and O–H groups in total. The maximum atomic E-state index is 13.5. The SMILES string of the molecule is O=C(c1cn(-c2ccccc2)nc1-c1cccs1)N1CCC(Nc2ccccc2)C1. The molecule has 2 aromatic carbocycles. The average Bonchev–Trinajstić information content (AvgIpc) is 3.55. The predicted octanol–water partition coefficient (Wildman–Crippen LogP) is 4.93. The van der Waals surface area contributed by atoms with Crippen molar-refractivity contribution in [2.45, 2.75) is 12.5 Å². The Morgan fingerprint density at radius 1 is 1.00 bits per heavy atom. The lowest BCUT2D eigenvalue weighted by atomic mass is 10.2. The summed E-state index contributed by atoms with van der Waals surface area (Å²) >= 11 is 1.60. The summed E-state index contributed by atoms with van der Waals surface area (Å²) in [6.45, 7) is 1.43. The van der Waals surface area contributed by atoms with E-state index in [1.807, 2.05) is 77.1 Å². The van der Waals surface area contributed by atoms with Crippen molar-refractivity contribution in [3.63, 3.8) is 0 Å². The first kappa shape index (κ1) is 18.6. The number of benzene rings is 2. The summed E-state index contributed by atoms with van der Waals surface area (Å²) in [4.78, 5) is 16.4. The molecular weight excluding hydrogens is 392 g/mol. The molecule has 1 unspecified atom stereocenters. The molecular formula is C24H22N4OS. The van der Waals surface area contributed by atoms with Gasteiger partial charge in [0, 0.05) is 31.0 Å². The topological polar surface area (TPSA) is 50.2 Å². The van der Waals surface area contributed by atoms with Gasteiger partial charge in [0.1, 0.15) is 5.69 Å². The van der Waals surface area contributed by atoms with Gasteiger partial charge in [0.25, 0.3) is 5.91 Å². The van der Waals surface area contributed by atoms with E-state index in [9.17, 15) is 4.79 Å². The van der Waals surface area contributed by atoms with Crippen LogP contribution in [0.4, 0.5) is 5.69 Å². The number of likely N-dealkylation sites (tertiary alicyclic amines) is 1. The monoisotopic (exact) mass is 414 g/mol. The van der Waals surface area contributed by atoms with Crippen LogP contribution in [-0.4, -0.2) is 39.7 Å². The maximum Gasteiger partial charge on any atom is 0.257 e. The van der Waals surface area contributed by atoms with E-state index in [1.165, 1.54) is 0 Å². The van der Waals surface area contributed by atoms with Crippen molar-refractivity contribution in [1.29, 1.82) is 0 Å². The van der Waals surface area contributed by atoms with E-state index < -0.39 is 0 Å². The molecule has 1 aliphatic heterocycles. The number of nitrogens with zero attached hydrogens (tertiary/aromatic N) is 3. The van der Waals surface area contributed by atoms with Gasteiger partial charge in [-0.1, -0.05) is 42.5 Å². The first-order chi connectivity index (χ1) is 14.8. The zero-order chi connectivity index (χ0) is 20.3. The Balaban J connectivity index is 1.40. The lowest BCUT2D eigenvalue weighted by Gasteiger charge is -2.17. The second-order valence-electron chi connectivity index (χ2n) is 7.40. The number of nitrogens with one attached hydrogen (secondary N) is 1. The van der Waals surface area contributed by atoms with E-state index >= 15 is 0 Å². The molecule has 6 heteroatoms. The normalized spacial score (nSPS) is 16.0. The third kappa shape index (κ3) is 3.74. The molecule has 1 aliphatic rings. The van der Waals surface area contributed by atoms with Crippen LogP contribution in [0.15, 0.2) is 84.4 Å². The van der Waals surface area contributed by atoms with Gasteiger partial charge in [0.15, 0.2) is 0 Å². The number of hydrogen-bond acceptors (Lipinski definition) is 4. The van der Waals surface area contributed by atoms with Crippen molar-refractivity contribution in [3.8, 4) is 16.3 Å². The highest BCUT2D eigenvalue weighted by atomic mass is 32.1. The van der Waals surface area contributed by atoms with Gasteiger partial charge < -0.3 is 10.2 Å². The summed E-state index contributed by atoms with van der Waals surface area (Å²) < 4.78 is 1.80. The fraction of sp³-hybridized carbons (Fsp3) is 0.167. The van der Waals surface area contributed by atoms with Gasteiger partial charge in [-0.3, -0.25) is 4.79 Å². The highest BCUT2D eigenvalue weighted by molar-refractivity contribution is 7.13. The van der Waals surface area contributed by atoms with Crippen molar-refractivity contribution in [3.05, 3.63) is 89.9 Å². The van der Waals surface area contributed by atoms with Gasteiger partial charge in [0.2, 0.25) is 0 Å². The van der Waals surface area contributed by atoms with E-state index in [-0.39, 0.29) is 11.9 Å². The highest BCUT2D eigenvalue weighted by Gasteiger charge is 2.30. The van der Waals surface area contributed by atoms with Crippen LogP contribution in [0.3, 0.4) is 0 Å². The summed E-state index contributed by atoms with van der Waals surface area (Å²) in [7, 11) is 0. The van der Waals surface area contributed by atoms with Crippen molar-refractivity contribution in [1.82, 2.24) is 14.7 Å². The molecule has 0 radical (unpaired) electrons. The summed E-state index contributed by atoms with van der Waals surface area (Å²) in [6, 6.07) is 24.3. The van der Waals surface area contributed by atoms with E-state index in [4.69, 9.17) is 5.10 Å². The third-order valence-electron chi connectivity index (χ3n) is 5.34. The predicted molar refractivity (Wildman–Crippen MR) is 121 cm³/mol. The lowest BCUT2D eigenvalue weighted by Crippen LogP contribution is -2.31. The first-order valence-electron chi connectivity index (χ1n) is 10.1. The fourth-order valence-electron chi connectivity index (χ4n) is 3.84. The Morgan fingerprint density at radius 2 is 1.77 bits per heavy atom. The largest absolute Gasteiger partial charge is 0.380 e. The molecule has 0 bridgehead atoms. The molecule has 5 nitrogen and oxygen atoms in total. The number of aromatic nitrogens is 2. The number of anilines is 1. The summed E-state index contributed by atoms with van der Waals surface area (Å²) in [5.41, 5.74) is 3.44. The summed E-state index contributed by atoms with van der Waals surface area (Å²) in [5.74, 6) is 0.0398. The lowest BCUT2D eigenvalue weighted by molar-refractivity contribution is 0.0792. The molecule has 3 heterocycles. The van der Waals surface area contributed by atoms with Crippen LogP contribution >= 0.6 is 11.3 Å². The minimum Gasteiger partial charge on any atom is -0.380 e. The van der Waals surface area contributed by atoms with Gasteiger partial charge in [0.05, 0.1) is 16.1 Å². The Kier molecular flexibility index (Phi) is 5.07. The van der Waals surface area contributed by atoms with E-state index in [0.29, 0.717) is 12.1 Å². The molecule has 150 valence electrons. The van der Waals surface area contributed by atoms with Crippen LogP contribution in [0.2, 0.25) is 0 Å². The fourth-order valence-corrected chi connectivity index (χ4v) is 4.56. The van der Waals surface area contributed by atoms with Crippen LogP contribution < -0.4 is 5.32 Å². The van der Waals surface area contributed by atoms with Crippen molar-refractivity contribution in [2.24, 2.45) is 0 Å². The number of hydrogen-bond donors (Lipinski definition) is 1. The molecule has 0 spiro atoms. The smallest absolute Gasteiger partial charge is 0.257 e. The minimum atomic E-state index is 0.0398. The Morgan fingerprint density at radius 3 is 2.50 bits per heavy atom. The molecule has 30 heavy (non-hydrogen) atoms. The van der Waals surface area contributed by atoms with Crippen LogP contribution in [0.5, 0.6) is 0 Å². The van der Waals surface area contributed by atoms with Crippen molar-refractivity contribution < 1.29 is 4.79 Å². The molecule has 1 saturated heterocycles. The van der Waals surface area contributed by atoms with E-state index in [2.05, 4.69) is 17.4 Å². The van der Waals surface area contributed by atoms with E-state index in [1.54, 1.807) is 16.0 Å². The number of para-hydroxylation sites is 2. The second-order valence-corrected chi connectivity index (χ2v) is 8.34. The highest BCUT2D eigenvalue weighted by Crippen LogP contribution is 2.29. The van der Waals surface area contributed by atoms with Gasteiger partial charge in [-0.05, 0) is 42.1 Å². The number of amides is 1. The molecule has 0 aliphatic carbocycles. The van der Waals surface area contributed by atoms with Gasteiger partial charge in [-0.2, -0.15) is 5.10 Å². The molecule has 0 saturated carbocycles. The van der Waals surface area contributed by atoms with Crippen molar-refractivity contribution >= 4 is 22.9 Å². The van der Waals surface area contributed by atoms with Gasteiger partial charge in [-0.15, -0.1) is 11.3 Å². The Bertz CT molecular complexity index is 1120. The van der Waals surface area contributed by atoms with Gasteiger partial charge >= 0.3 is 0 Å². The quantitative estimate of drug-likeness (QED) is 0.504. The molecule has 4 aromatic rings.